The molecular weight excluding hydrogens is 400 g/mol. The molecule has 0 saturated carbocycles. The Morgan fingerprint density at radius 1 is 0.852 bits per heavy atom. The Balaban J connectivity index is 0.00000180. The lowest BCUT2D eigenvalue weighted by atomic mass is 10.1. The maximum Gasteiger partial charge on any atom is 0.285 e. The van der Waals surface area contributed by atoms with Gasteiger partial charge in [0.2, 0.25) is 0 Å². The number of hydrogen-bond donors (Lipinski definition) is 0. The van der Waals surface area contributed by atoms with Crippen molar-refractivity contribution in [2.45, 2.75) is 13.1 Å². The van der Waals surface area contributed by atoms with E-state index in [0.29, 0.717) is 0 Å². The molecule has 0 fully saturated rings. The van der Waals surface area contributed by atoms with Gasteiger partial charge in [-0.2, -0.15) is 0 Å². The van der Waals surface area contributed by atoms with Gasteiger partial charge in [-0.25, -0.2) is 4.57 Å². The summed E-state index contributed by atoms with van der Waals surface area (Å²) in [5.74, 6) is 2.23. The fourth-order valence-corrected chi connectivity index (χ4v) is 4.11. The van der Waals surface area contributed by atoms with Crippen LogP contribution in [-0.2, 0) is 13.1 Å². The van der Waals surface area contributed by atoms with E-state index < -0.39 is 0 Å². The quantitative estimate of drug-likeness (QED) is 0.367. The monoisotopic (exact) mass is 420 g/mol. The third kappa shape index (κ3) is 2.94. The average molecular weight is 421 g/mol. The number of fused-ring (bicyclic) bond motifs is 6. The van der Waals surface area contributed by atoms with Gasteiger partial charge in [0.05, 0.1) is 12.5 Å². The standard InChI is InChI=1S/C23H21N2O.BrH/c1-26-18-12-10-17(11-13-18)16-24-14-15-25-22-9-5-4-7-20(22)19-6-2-3-8-21(19)23(24)25;/h2-13H,14-16H2,1H3;1H/q+1;/p-1. The molecular formula is C23H21BrN2O. The summed E-state index contributed by atoms with van der Waals surface area (Å²) < 4.78 is 7.76. The Morgan fingerprint density at radius 2 is 1.52 bits per heavy atom. The highest BCUT2D eigenvalue weighted by atomic mass is 79.9. The zero-order chi connectivity index (χ0) is 17.5. The molecule has 0 unspecified atom stereocenters. The molecule has 4 aromatic rings. The van der Waals surface area contributed by atoms with Crippen molar-refractivity contribution in [3.05, 3.63) is 78.4 Å². The van der Waals surface area contributed by atoms with Gasteiger partial charge in [0.15, 0.2) is 0 Å². The van der Waals surface area contributed by atoms with Crippen LogP contribution in [0, 0.1) is 0 Å². The number of nitrogens with zero attached hydrogens (tertiary/aromatic N) is 2. The molecule has 0 N–H and O–H groups in total. The molecule has 1 aliphatic heterocycles. The van der Waals surface area contributed by atoms with Gasteiger partial charge in [0.1, 0.15) is 30.9 Å². The first-order chi connectivity index (χ1) is 12.8. The van der Waals surface area contributed by atoms with E-state index in [9.17, 15) is 0 Å². The summed E-state index contributed by atoms with van der Waals surface area (Å²) in [6.07, 6.45) is 0. The van der Waals surface area contributed by atoms with Gasteiger partial charge in [-0.3, -0.25) is 4.90 Å². The summed E-state index contributed by atoms with van der Waals surface area (Å²) in [5, 5.41) is 3.99. The van der Waals surface area contributed by atoms with E-state index in [1.807, 2.05) is 12.1 Å². The number of methoxy groups -OCH3 is 1. The van der Waals surface area contributed by atoms with Crippen molar-refractivity contribution in [1.82, 2.24) is 0 Å². The maximum absolute atomic E-state index is 5.28. The lowest BCUT2D eigenvalue weighted by Gasteiger charge is -2.14. The van der Waals surface area contributed by atoms with Gasteiger partial charge in [-0.05, 0) is 29.8 Å². The highest BCUT2D eigenvalue weighted by Crippen LogP contribution is 2.33. The smallest absolute Gasteiger partial charge is 0.285 e. The number of para-hydroxylation sites is 1. The molecule has 27 heavy (non-hydrogen) atoms. The summed E-state index contributed by atoms with van der Waals surface area (Å²) in [6.45, 7) is 2.97. The van der Waals surface area contributed by atoms with Crippen LogP contribution in [0.2, 0.25) is 0 Å². The van der Waals surface area contributed by atoms with Crippen molar-refractivity contribution < 1.29 is 26.3 Å². The van der Waals surface area contributed by atoms with Crippen molar-refractivity contribution in [1.29, 1.82) is 0 Å². The Morgan fingerprint density at radius 3 is 2.26 bits per heavy atom. The first-order valence-electron chi connectivity index (χ1n) is 9.06. The van der Waals surface area contributed by atoms with E-state index in [2.05, 4.69) is 70.1 Å². The van der Waals surface area contributed by atoms with Gasteiger partial charge in [-0.1, -0.05) is 48.5 Å². The Kier molecular flexibility index (Phi) is 4.75. The molecule has 0 saturated heterocycles. The van der Waals surface area contributed by atoms with E-state index in [0.717, 1.165) is 25.4 Å². The molecule has 0 radical (unpaired) electrons. The lowest BCUT2D eigenvalue weighted by molar-refractivity contribution is -0.643. The third-order valence-electron chi connectivity index (χ3n) is 5.33. The second kappa shape index (κ2) is 7.20. The van der Waals surface area contributed by atoms with Crippen LogP contribution in [0.4, 0.5) is 5.82 Å². The zero-order valence-electron chi connectivity index (χ0n) is 15.2. The molecule has 0 amide bonds. The number of rotatable bonds is 3. The second-order valence-electron chi connectivity index (χ2n) is 6.81. The van der Waals surface area contributed by atoms with Crippen LogP contribution in [0.1, 0.15) is 5.56 Å². The molecule has 136 valence electrons. The Hall–Kier alpha value is -2.59. The predicted octanol–water partition coefficient (Wildman–Crippen LogP) is 1.31. The molecule has 0 atom stereocenters. The molecule has 0 spiro atoms. The molecule has 3 nitrogen and oxygen atoms in total. The highest BCUT2D eigenvalue weighted by molar-refractivity contribution is 6.08. The minimum Gasteiger partial charge on any atom is -1.00 e. The number of hydrogen-bond acceptors (Lipinski definition) is 2. The minimum atomic E-state index is 0. The average Bonchev–Trinajstić information content (AvgIpc) is 3.13. The number of benzene rings is 3. The molecule has 3 aromatic carbocycles. The molecule has 4 heteroatoms. The van der Waals surface area contributed by atoms with Crippen LogP contribution >= 0.6 is 0 Å². The second-order valence-corrected chi connectivity index (χ2v) is 6.81. The lowest BCUT2D eigenvalue weighted by Crippen LogP contribution is -3.00. The van der Waals surface area contributed by atoms with Gasteiger partial charge >= 0.3 is 0 Å². The van der Waals surface area contributed by atoms with Crippen molar-refractivity contribution in [3.63, 3.8) is 0 Å². The van der Waals surface area contributed by atoms with E-state index >= 15 is 0 Å². The van der Waals surface area contributed by atoms with Gasteiger partial charge < -0.3 is 21.7 Å². The third-order valence-corrected chi connectivity index (χ3v) is 5.33. The van der Waals surface area contributed by atoms with Crippen LogP contribution in [0.5, 0.6) is 5.75 Å². The van der Waals surface area contributed by atoms with Crippen LogP contribution in [0.3, 0.4) is 0 Å². The fourth-order valence-electron chi connectivity index (χ4n) is 4.11. The van der Waals surface area contributed by atoms with E-state index in [1.165, 1.54) is 33.1 Å². The first-order valence-corrected chi connectivity index (χ1v) is 9.06. The number of ether oxygens (including phenoxy) is 1. The fraction of sp³-hybridized carbons (Fsp3) is 0.174. The summed E-state index contributed by atoms with van der Waals surface area (Å²) in [5.41, 5.74) is 2.62. The van der Waals surface area contributed by atoms with Crippen molar-refractivity contribution >= 4 is 27.5 Å². The number of anilines is 1. The molecule has 2 heterocycles. The number of aromatic nitrogens is 1. The Labute approximate surface area is 169 Å². The van der Waals surface area contributed by atoms with Gasteiger partial charge in [0, 0.05) is 10.8 Å². The van der Waals surface area contributed by atoms with Gasteiger partial charge in [0.25, 0.3) is 5.82 Å². The van der Waals surface area contributed by atoms with E-state index in [-0.39, 0.29) is 17.0 Å². The van der Waals surface area contributed by atoms with Crippen LogP contribution in [0.15, 0.2) is 72.8 Å². The minimum absolute atomic E-state index is 0. The largest absolute Gasteiger partial charge is 1.00 e. The molecule has 1 aliphatic rings. The van der Waals surface area contributed by atoms with Crippen molar-refractivity contribution in [3.8, 4) is 5.75 Å². The number of pyridine rings is 1. The van der Waals surface area contributed by atoms with Crippen LogP contribution in [0.25, 0.3) is 21.7 Å². The van der Waals surface area contributed by atoms with Gasteiger partial charge in [-0.15, -0.1) is 0 Å². The predicted molar refractivity (Wildman–Crippen MR) is 106 cm³/mol. The molecule has 0 bridgehead atoms. The van der Waals surface area contributed by atoms with Crippen LogP contribution in [-0.4, -0.2) is 13.7 Å². The first kappa shape index (κ1) is 17.8. The summed E-state index contributed by atoms with van der Waals surface area (Å²) in [4.78, 5) is 2.50. The SMILES string of the molecule is COc1ccc(CN2CC[n+]3c2c2ccccc2c2ccccc23)cc1.[Br-]. The van der Waals surface area contributed by atoms with E-state index in [1.54, 1.807) is 7.11 Å². The summed E-state index contributed by atoms with van der Waals surface area (Å²) in [7, 11) is 1.71. The zero-order valence-corrected chi connectivity index (χ0v) is 16.8. The number of halogens is 1. The van der Waals surface area contributed by atoms with Crippen LogP contribution < -0.4 is 31.2 Å². The summed E-state index contributed by atoms with van der Waals surface area (Å²) in [6, 6.07) is 25.9. The molecule has 0 aliphatic carbocycles. The Bertz CT molecular complexity index is 1110. The maximum atomic E-state index is 5.28. The normalized spacial score (nSPS) is 12.9. The van der Waals surface area contributed by atoms with E-state index in [4.69, 9.17) is 4.74 Å². The van der Waals surface area contributed by atoms with Crippen molar-refractivity contribution in [2.75, 3.05) is 18.6 Å². The topological polar surface area (TPSA) is 16.4 Å². The van der Waals surface area contributed by atoms with Crippen molar-refractivity contribution in [2.24, 2.45) is 0 Å². The molecule has 1 aromatic heterocycles. The summed E-state index contributed by atoms with van der Waals surface area (Å²) >= 11 is 0. The molecule has 5 rings (SSSR count). The highest BCUT2D eigenvalue weighted by Gasteiger charge is 2.32.